The SMILES string of the molecule is Cc1cc(OCC(=O)NCC(c2ccco2)N2CCOCC2)ccc1Cl. The first-order valence-corrected chi connectivity index (χ1v) is 9.02. The number of hydrogen-bond donors (Lipinski definition) is 1. The molecule has 0 radical (unpaired) electrons. The van der Waals surface area contributed by atoms with E-state index in [2.05, 4.69) is 10.2 Å². The molecule has 1 aromatic carbocycles. The summed E-state index contributed by atoms with van der Waals surface area (Å²) in [5.41, 5.74) is 0.912. The molecule has 1 atom stereocenters. The van der Waals surface area contributed by atoms with Crippen molar-refractivity contribution in [2.24, 2.45) is 0 Å². The molecule has 0 aliphatic carbocycles. The second-order valence-corrected chi connectivity index (χ2v) is 6.59. The molecule has 1 aromatic heterocycles. The molecular formula is C19H23ClN2O4. The summed E-state index contributed by atoms with van der Waals surface area (Å²) in [6, 6.07) is 9.10. The van der Waals surface area contributed by atoms with Gasteiger partial charge >= 0.3 is 0 Å². The van der Waals surface area contributed by atoms with E-state index in [4.69, 9.17) is 25.5 Å². The number of nitrogens with zero attached hydrogens (tertiary/aromatic N) is 1. The maximum Gasteiger partial charge on any atom is 0.258 e. The minimum Gasteiger partial charge on any atom is -0.484 e. The van der Waals surface area contributed by atoms with E-state index in [0.29, 0.717) is 30.5 Å². The highest BCUT2D eigenvalue weighted by Crippen LogP contribution is 2.22. The Kier molecular flexibility index (Phi) is 6.55. The quantitative estimate of drug-likeness (QED) is 0.802. The van der Waals surface area contributed by atoms with Gasteiger partial charge in [-0.2, -0.15) is 0 Å². The lowest BCUT2D eigenvalue weighted by Crippen LogP contribution is -2.44. The van der Waals surface area contributed by atoms with Gasteiger partial charge in [0.15, 0.2) is 6.61 Å². The highest BCUT2D eigenvalue weighted by molar-refractivity contribution is 6.31. The van der Waals surface area contributed by atoms with Crippen molar-refractivity contribution >= 4 is 17.5 Å². The molecule has 6 nitrogen and oxygen atoms in total. The normalized spacial score (nSPS) is 16.2. The largest absolute Gasteiger partial charge is 0.484 e. The molecule has 26 heavy (non-hydrogen) atoms. The zero-order valence-electron chi connectivity index (χ0n) is 14.7. The van der Waals surface area contributed by atoms with Crippen LogP contribution in [0.2, 0.25) is 5.02 Å². The molecule has 0 spiro atoms. The van der Waals surface area contributed by atoms with Crippen molar-refractivity contribution in [2.45, 2.75) is 13.0 Å². The highest BCUT2D eigenvalue weighted by Gasteiger charge is 2.25. The van der Waals surface area contributed by atoms with Crippen LogP contribution in [0.1, 0.15) is 17.4 Å². The summed E-state index contributed by atoms with van der Waals surface area (Å²) in [6.07, 6.45) is 1.65. The zero-order valence-corrected chi connectivity index (χ0v) is 15.5. The van der Waals surface area contributed by atoms with Gasteiger partial charge in [0.1, 0.15) is 11.5 Å². The Morgan fingerprint density at radius 3 is 2.85 bits per heavy atom. The number of benzene rings is 1. The Labute approximate surface area is 158 Å². The number of rotatable bonds is 7. The number of furan rings is 1. The minimum atomic E-state index is -0.178. The van der Waals surface area contributed by atoms with Gasteiger partial charge in [-0.05, 0) is 42.8 Å². The van der Waals surface area contributed by atoms with Crippen LogP contribution >= 0.6 is 11.6 Å². The predicted octanol–water partition coefficient (Wildman–Crippen LogP) is 2.81. The Hall–Kier alpha value is -2.02. The lowest BCUT2D eigenvalue weighted by molar-refractivity contribution is -0.123. The van der Waals surface area contributed by atoms with E-state index in [9.17, 15) is 4.79 Å². The van der Waals surface area contributed by atoms with Crippen molar-refractivity contribution in [2.75, 3.05) is 39.5 Å². The average Bonchev–Trinajstić information content (AvgIpc) is 3.18. The third kappa shape index (κ3) is 5.00. The summed E-state index contributed by atoms with van der Waals surface area (Å²) in [7, 11) is 0. The Bertz CT molecular complexity index is 714. The molecular weight excluding hydrogens is 356 g/mol. The molecule has 2 aromatic rings. The van der Waals surface area contributed by atoms with E-state index in [0.717, 1.165) is 24.4 Å². The average molecular weight is 379 g/mol. The first kappa shape index (κ1) is 18.8. The molecule has 0 bridgehead atoms. The van der Waals surface area contributed by atoms with Gasteiger partial charge in [0, 0.05) is 24.7 Å². The molecule has 1 unspecified atom stereocenters. The summed E-state index contributed by atoms with van der Waals surface area (Å²) in [6.45, 7) is 5.29. The van der Waals surface area contributed by atoms with Gasteiger partial charge in [0.2, 0.25) is 0 Å². The maximum absolute atomic E-state index is 12.2. The molecule has 140 valence electrons. The van der Waals surface area contributed by atoms with Crippen LogP contribution in [0.5, 0.6) is 5.75 Å². The fraction of sp³-hybridized carbons (Fsp3) is 0.421. The van der Waals surface area contributed by atoms with Gasteiger partial charge in [-0.15, -0.1) is 0 Å². The van der Waals surface area contributed by atoms with Crippen molar-refractivity contribution in [1.82, 2.24) is 10.2 Å². The summed E-state index contributed by atoms with van der Waals surface area (Å²) in [5, 5.41) is 3.61. The third-order valence-corrected chi connectivity index (χ3v) is 4.77. The number of nitrogens with one attached hydrogen (secondary N) is 1. The zero-order chi connectivity index (χ0) is 18.4. The molecule has 1 amide bonds. The minimum absolute atomic E-state index is 0.0179. The molecule has 1 saturated heterocycles. The van der Waals surface area contributed by atoms with Gasteiger partial charge in [-0.3, -0.25) is 9.69 Å². The number of hydrogen-bond acceptors (Lipinski definition) is 5. The third-order valence-electron chi connectivity index (χ3n) is 4.35. The van der Waals surface area contributed by atoms with Crippen LogP contribution in [0.4, 0.5) is 0 Å². The lowest BCUT2D eigenvalue weighted by atomic mass is 10.1. The molecule has 0 saturated carbocycles. The molecule has 3 rings (SSSR count). The first-order chi connectivity index (χ1) is 12.6. The van der Waals surface area contributed by atoms with Gasteiger partial charge in [-0.25, -0.2) is 0 Å². The Morgan fingerprint density at radius 2 is 2.15 bits per heavy atom. The standard InChI is InChI=1S/C19H23ClN2O4/c1-14-11-15(4-5-16(14)20)26-13-19(23)21-12-17(18-3-2-8-25-18)22-6-9-24-10-7-22/h2-5,8,11,17H,6-7,9-10,12-13H2,1H3,(H,21,23). The van der Waals surface area contributed by atoms with Crippen LogP contribution in [0.3, 0.4) is 0 Å². The van der Waals surface area contributed by atoms with Crippen LogP contribution in [-0.2, 0) is 9.53 Å². The fourth-order valence-electron chi connectivity index (χ4n) is 2.90. The van der Waals surface area contributed by atoms with Crippen molar-refractivity contribution in [3.8, 4) is 5.75 Å². The van der Waals surface area contributed by atoms with E-state index >= 15 is 0 Å². The molecule has 2 heterocycles. The smallest absolute Gasteiger partial charge is 0.258 e. The molecule has 1 aliphatic heterocycles. The first-order valence-electron chi connectivity index (χ1n) is 8.64. The second-order valence-electron chi connectivity index (χ2n) is 6.18. The summed E-state index contributed by atoms with van der Waals surface area (Å²) >= 11 is 5.99. The van der Waals surface area contributed by atoms with Crippen LogP contribution in [-0.4, -0.2) is 50.3 Å². The molecule has 1 N–H and O–H groups in total. The highest BCUT2D eigenvalue weighted by atomic mass is 35.5. The number of carbonyl (C=O) groups excluding carboxylic acids is 1. The monoisotopic (exact) mass is 378 g/mol. The van der Waals surface area contributed by atoms with E-state index in [1.807, 2.05) is 25.1 Å². The number of aryl methyl sites for hydroxylation is 1. The number of ether oxygens (including phenoxy) is 2. The van der Waals surface area contributed by atoms with Gasteiger partial charge in [-0.1, -0.05) is 11.6 Å². The van der Waals surface area contributed by atoms with E-state index in [1.54, 1.807) is 18.4 Å². The molecule has 1 fully saturated rings. The number of halogens is 1. The number of carbonyl (C=O) groups is 1. The predicted molar refractivity (Wildman–Crippen MR) is 98.5 cm³/mol. The van der Waals surface area contributed by atoms with E-state index < -0.39 is 0 Å². The van der Waals surface area contributed by atoms with Crippen molar-refractivity contribution < 1.29 is 18.7 Å². The summed E-state index contributed by atoms with van der Waals surface area (Å²) < 4.78 is 16.5. The lowest BCUT2D eigenvalue weighted by Gasteiger charge is -2.33. The van der Waals surface area contributed by atoms with Gasteiger partial charge in [0.05, 0.1) is 25.5 Å². The van der Waals surface area contributed by atoms with E-state index in [-0.39, 0.29) is 18.6 Å². The van der Waals surface area contributed by atoms with E-state index in [1.165, 1.54) is 0 Å². The molecule has 1 aliphatic rings. The maximum atomic E-state index is 12.2. The van der Waals surface area contributed by atoms with Crippen LogP contribution in [0, 0.1) is 6.92 Å². The van der Waals surface area contributed by atoms with Gasteiger partial charge in [0.25, 0.3) is 5.91 Å². The summed E-state index contributed by atoms with van der Waals surface area (Å²) in [5.74, 6) is 1.28. The van der Waals surface area contributed by atoms with Crippen LogP contribution in [0.25, 0.3) is 0 Å². The second kappa shape index (κ2) is 9.07. The molecule has 7 heteroatoms. The van der Waals surface area contributed by atoms with Crippen LogP contribution in [0.15, 0.2) is 41.0 Å². The number of amides is 1. The van der Waals surface area contributed by atoms with Gasteiger partial charge < -0.3 is 19.2 Å². The Morgan fingerprint density at radius 1 is 1.35 bits per heavy atom. The fourth-order valence-corrected chi connectivity index (χ4v) is 3.01. The van der Waals surface area contributed by atoms with Crippen LogP contribution < -0.4 is 10.1 Å². The summed E-state index contributed by atoms with van der Waals surface area (Å²) in [4.78, 5) is 14.4. The Balaban J connectivity index is 1.52. The van der Waals surface area contributed by atoms with Crippen molar-refractivity contribution in [3.63, 3.8) is 0 Å². The number of morpholine rings is 1. The van der Waals surface area contributed by atoms with Crippen molar-refractivity contribution in [1.29, 1.82) is 0 Å². The van der Waals surface area contributed by atoms with Crippen molar-refractivity contribution in [3.05, 3.63) is 52.9 Å². The topological polar surface area (TPSA) is 63.9 Å².